The summed E-state index contributed by atoms with van der Waals surface area (Å²) < 4.78 is 10.8. The van der Waals surface area contributed by atoms with Crippen LogP contribution >= 0.6 is 0 Å². The lowest BCUT2D eigenvalue weighted by atomic mass is 10.0. The number of methoxy groups -OCH3 is 1. The van der Waals surface area contributed by atoms with E-state index in [4.69, 9.17) is 15.2 Å². The fraction of sp³-hybridized carbons (Fsp3) is 0.417. The summed E-state index contributed by atoms with van der Waals surface area (Å²) in [5.41, 5.74) is 8.91. The van der Waals surface area contributed by atoms with Gasteiger partial charge >= 0.3 is 0 Å². The first-order valence-electron chi connectivity index (χ1n) is 11.3. The monoisotopic (exact) mass is 451 g/mol. The standard InChI is InChI=1S/C24H33N7O2/c1-31-9-7-18(8-10-31)29-21-13-23(30-24-16-26-22(25)15-28-24)27-14-20(21)17-3-5-19(6-4-17)33-12-11-32-2/h3-6,13-15,18,26H,7-12,16,25H2,1-2H3,(H2,27,28,29,30). The van der Waals surface area contributed by atoms with Crippen molar-refractivity contribution < 1.29 is 9.47 Å². The smallest absolute Gasteiger partial charge is 0.133 e. The number of nitrogens with zero attached hydrogens (tertiary/aromatic N) is 3. The van der Waals surface area contributed by atoms with Gasteiger partial charge in [-0.2, -0.15) is 0 Å². The predicted molar refractivity (Wildman–Crippen MR) is 133 cm³/mol. The summed E-state index contributed by atoms with van der Waals surface area (Å²) in [5, 5.41) is 10.1. The molecular formula is C24H33N7O2. The van der Waals surface area contributed by atoms with Crippen LogP contribution in [0.25, 0.3) is 11.1 Å². The molecule has 0 bridgehead atoms. The first-order chi connectivity index (χ1) is 16.1. The van der Waals surface area contributed by atoms with Gasteiger partial charge in [-0.15, -0.1) is 0 Å². The van der Waals surface area contributed by atoms with E-state index >= 15 is 0 Å². The molecule has 176 valence electrons. The fourth-order valence-electron chi connectivity index (χ4n) is 3.87. The molecule has 1 saturated heterocycles. The molecule has 33 heavy (non-hydrogen) atoms. The van der Waals surface area contributed by atoms with E-state index in [1.807, 2.05) is 18.3 Å². The van der Waals surface area contributed by atoms with Gasteiger partial charge < -0.3 is 36.1 Å². The zero-order valence-electron chi connectivity index (χ0n) is 19.3. The SMILES string of the molecule is COCCOc1ccc(-c2cnc(NC3=NC=C(N)NC3)cc2NC2CCN(C)CC2)cc1. The number of rotatable bonds is 8. The van der Waals surface area contributed by atoms with Crippen LogP contribution < -0.4 is 26.4 Å². The number of aromatic nitrogens is 1. The topological polar surface area (TPSA) is 109 Å². The van der Waals surface area contributed by atoms with Gasteiger partial charge in [-0.25, -0.2) is 9.98 Å². The zero-order valence-corrected chi connectivity index (χ0v) is 19.3. The molecule has 0 unspecified atom stereocenters. The quantitative estimate of drug-likeness (QED) is 0.453. The second kappa shape index (κ2) is 11.0. The Morgan fingerprint density at radius 2 is 1.97 bits per heavy atom. The van der Waals surface area contributed by atoms with Crippen molar-refractivity contribution in [3.05, 3.63) is 48.5 Å². The number of benzene rings is 1. The van der Waals surface area contributed by atoms with Crippen molar-refractivity contribution in [2.75, 3.05) is 57.6 Å². The maximum absolute atomic E-state index is 5.73. The summed E-state index contributed by atoms with van der Waals surface area (Å²) in [6, 6.07) is 10.6. The largest absolute Gasteiger partial charge is 0.491 e. The van der Waals surface area contributed by atoms with Crippen LogP contribution in [0.4, 0.5) is 11.5 Å². The van der Waals surface area contributed by atoms with Crippen molar-refractivity contribution in [2.24, 2.45) is 10.7 Å². The Morgan fingerprint density at radius 1 is 1.18 bits per heavy atom. The molecule has 9 nitrogen and oxygen atoms in total. The van der Waals surface area contributed by atoms with E-state index in [-0.39, 0.29) is 0 Å². The van der Waals surface area contributed by atoms with Gasteiger partial charge in [-0.05, 0) is 50.7 Å². The number of aliphatic imine (C=N–C) groups is 1. The van der Waals surface area contributed by atoms with Crippen molar-refractivity contribution in [1.29, 1.82) is 0 Å². The van der Waals surface area contributed by atoms with Crippen molar-refractivity contribution in [2.45, 2.75) is 18.9 Å². The van der Waals surface area contributed by atoms with Gasteiger partial charge in [0.15, 0.2) is 0 Å². The van der Waals surface area contributed by atoms with Crippen molar-refractivity contribution in [1.82, 2.24) is 15.2 Å². The number of amidine groups is 1. The third-order valence-electron chi connectivity index (χ3n) is 5.80. The number of hydrogen-bond donors (Lipinski definition) is 4. The van der Waals surface area contributed by atoms with Crippen molar-refractivity contribution in [3.63, 3.8) is 0 Å². The summed E-state index contributed by atoms with van der Waals surface area (Å²) in [5.74, 6) is 2.89. The maximum Gasteiger partial charge on any atom is 0.133 e. The molecule has 9 heteroatoms. The molecule has 2 aliphatic heterocycles. The normalized spacial score (nSPS) is 17.0. The Balaban J connectivity index is 1.55. The summed E-state index contributed by atoms with van der Waals surface area (Å²) in [4.78, 5) is 11.4. The molecule has 0 saturated carbocycles. The Kier molecular flexibility index (Phi) is 7.64. The molecule has 0 spiro atoms. The molecule has 0 amide bonds. The van der Waals surface area contributed by atoms with E-state index in [1.165, 1.54) is 0 Å². The Bertz CT molecular complexity index is 983. The molecule has 0 radical (unpaired) electrons. The lowest BCUT2D eigenvalue weighted by molar-refractivity contribution is 0.146. The average molecular weight is 452 g/mol. The number of nitrogens with one attached hydrogen (secondary N) is 3. The van der Waals surface area contributed by atoms with E-state index in [9.17, 15) is 0 Å². The Labute approximate surface area is 195 Å². The van der Waals surface area contributed by atoms with Gasteiger partial charge in [0.25, 0.3) is 0 Å². The van der Waals surface area contributed by atoms with E-state index in [0.29, 0.717) is 31.6 Å². The van der Waals surface area contributed by atoms with Crippen LogP contribution in [-0.4, -0.2) is 68.8 Å². The molecule has 1 aromatic carbocycles. The molecule has 1 aromatic heterocycles. The minimum absolute atomic E-state index is 0.420. The summed E-state index contributed by atoms with van der Waals surface area (Å²) >= 11 is 0. The number of ether oxygens (including phenoxy) is 2. The van der Waals surface area contributed by atoms with E-state index < -0.39 is 0 Å². The van der Waals surface area contributed by atoms with Crippen LogP contribution in [0.5, 0.6) is 5.75 Å². The Morgan fingerprint density at radius 3 is 2.67 bits per heavy atom. The second-order valence-corrected chi connectivity index (χ2v) is 8.34. The summed E-state index contributed by atoms with van der Waals surface area (Å²) in [7, 11) is 3.84. The number of likely N-dealkylation sites (tertiary alicyclic amines) is 1. The fourth-order valence-corrected chi connectivity index (χ4v) is 3.87. The molecule has 1 fully saturated rings. The van der Waals surface area contributed by atoms with Crippen LogP contribution in [0.15, 0.2) is 53.5 Å². The molecule has 3 heterocycles. The first kappa shape index (κ1) is 22.9. The number of piperidine rings is 1. The highest BCUT2D eigenvalue weighted by Gasteiger charge is 2.19. The molecule has 0 atom stereocenters. The minimum Gasteiger partial charge on any atom is -0.491 e. The van der Waals surface area contributed by atoms with Crippen LogP contribution in [0.2, 0.25) is 0 Å². The van der Waals surface area contributed by atoms with E-state index in [1.54, 1.807) is 13.3 Å². The average Bonchev–Trinajstić information content (AvgIpc) is 2.83. The lowest BCUT2D eigenvalue weighted by Crippen LogP contribution is -2.36. The van der Waals surface area contributed by atoms with Crippen molar-refractivity contribution >= 4 is 17.3 Å². The van der Waals surface area contributed by atoms with E-state index in [2.05, 4.69) is 56.1 Å². The van der Waals surface area contributed by atoms with Crippen LogP contribution in [0.3, 0.4) is 0 Å². The number of anilines is 2. The number of hydrogen-bond acceptors (Lipinski definition) is 9. The predicted octanol–water partition coefficient (Wildman–Crippen LogP) is 2.45. The van der Waals surface area contributed by atoms with Gasteiger partial charge in [0.1, 0.15) is 29.8 Å². The lowest BCUT2D eigenvalue weighted by Gasteiger charge is -2.31. The highest BCUT2D eigenvalue weighted by atomic mass is 16.5. The van der Waals surface area contributed by atoms with Gasteiger partial charge in [0, 0.05) is 36.7 Å². The van der Waals surface area contributed by atoms with E-state index in [0.717, 1.165) is 60.1 Å². The summed E-state index contributed by atoms with van der Waals surface area (Å²) in [6.07, 6.45) is 5.72. The van der Waals surface area contributed by atoms with Gasteiger partial charge in [0.2, 0.25) is 0 Å². The van der Waals surface area contributed by atoms with Crippen LogP contribution in [0, 0.1) is 0 Å². The molecule has 2 aliphatic rings. The van der Waals surface area contributed by atoms with Crippen LogP contribution in [-0.2, 0) is 4.74 Å². The molecule has 5 N–H and O–H groups in total. The molecule has 0 aliphatic carbocycles. The maximum atomic E-state index is 5.73. The van der Waals surface area contributed by atoms with Gasteiger partial charge in [-0.1, -0.05) is 12.1 Å². The molecular weight excluding hydrogens is 418 g/mol. The summed E-state index contributed by atoms with van der Waals surface area (Å²) in [6.45, 7) is 3.81. The highest BCUT2D eigenvalue weighted by Crippen LogP contribution is 2.32. The molecule has 2 aromatic rings. The third kappa shape index (κ3) is 6.36. The van der Waals surface area contributed by atoms with Gasteiger partial charge in [-0.3, -0.25) is 0 Å². The number of nitrogens with two attached hydrogens (primary N) is 1. The third-order valence-corrected chi connectivity index (χ3v) is 5.80. The van der Waals surface area contributed by atoms with Gasteiger partial charge in [0.05, 0.1) is 19.4 Å². The van der Waals surface area contributed by atoms with Crippen molar-refractivity contribution in [3.8, 4) is 16.9 Å². The Hall–Kier alpha value is -3.30. The minimum atomic E-state index is 0.420. The number of pyridine rings is 1. The molecule has 4 rings (SSSR count). The first-order valence-corrected chi connectivity index (χ1v) is 11.3. The second-order valence-electron chi connectivity index (χ2n) is 8.34. The van der Waals surface area contributed by atoms with Crippen LogP contribution in [0.1, 0.15) is 12.8 Å². The highest BCUT2D eigenvalue weighted by molar-refractivity contribution is 5.98. The zero-order chi connectivity index (χ0) is 23.0.